The van der Waals surface area contributed by atoms with Gasteiger partial charge in [0.1, 0.15) is 11.5 Å². The van der Waals surface area contributed by atoms with Crippen molar-refractivity contribution in [3.8, 4) is 17.2 Å². The van der Waals surface area contributed by atoms with Crippen molar-refractivity contribution in [2.75, 3.05) is 0 Å². The largest absolute Gasteiger partial charge is 0.491 e. The normalized spacial score (nSPS) is 11.2. The smallest absolute Gasteiger partial charge is 0.165 e. The summed E-state index contributed by atoms with van der Waals surface area (Å²) in [5, 5.41) is 1.35. The molecule has 252 valence electrons. The van der Waals surface area contributed by atoms with Crippen LogP contribution in [0.5, 0.6) is 17.2 Å². The molecule has 3 nitrogen and oxygen atoms in total. The quantitative estimate of drug-likeness (QED) is 0.228. The Morgan fingerprint density at radius 3 is 1.18 bits per heavy atom. The number of ether oxygens (including phenoxy) is 3. The lowest BCUT2D eigenvalue weighted by Gasteiger charge is -2.17. The number of aryl methyl sites for hydroxylation is 3. The maximum absolute atomic E-state index is 13.6. The standard InChI is InChI=1S/C14H22O.C13H19ClO.C12H16ClFO/c1-9(2)13-7-12(6)14(8-11(13)5)15-10(3)4;1-8(2)11-6-10(5)13(7-12(11)14)15-9(3)4;1-7(2)9-5-11(14)12(6-10(9)13)15-8(3)4/h7-10H,1-6H3;6-9H,1-5H3;5-8H,1-4H3. The summed E-state index contributed by atoms with van der Waals surface area (Å²) in [5.74, 6) is 3.02. The fraction of sp³-hybridized carbons (Fsp3) is 0.538. The van der Waals surface area contributed by atoms with E-state index in [1.807, 2.05) is 47.6 Å². The third kappa shape index (κ3) is 13.4. The summed E-state index contributed by atoms with van der Waals surface area (Å²) in [7, 11) is 0. The van der Waals surface area contributed by atoms with Gasteiger partial charge in [0.15, 0.2) is 11.6 Å². The molecule has 0 aromatic heterocycles. The maximum atomic E-state index is 13.6. The van der Waals surface area contributed by atoms with Gasteiger partial charge >= 0.3 is 0 Å². The average Bonchev–Trinajstić information content (AvgIpc) is 2.89. The first-order chi connectivity index (χ1) is 20.7. The lowest BCUT2D eigenvalue weighted by Crippen LogP contribution is -2.07. The van der Waals surface area contributed by atoms with Crippen molar-refractivity contribution < 1.29 is 18.6 Å². The number of benzene rings is 3. The fourth-order valence-corrected chi connectivity index (χ4v) is 5.40. The van der Waals surface area contributed by atoms with Crippen LogP contribution in [0.4, 0.5) is 4.39 Å². The van der Waals surface area contributed by atoms with E-state index in [-0.39, 0.29) is 35.8 Å². The molecule has 0 amide bonds. The van der Waals surface area contributed by atoms with Gasteiger partial charge in [-0.05, 0) is 132 Å². The van der Waals surface area contributed by atoms with E-state index in [1.165, 1.54) is 28.3 Å². The molecule has 3 rings (SSSR count). The number of rotatable bonds is 9. The zero-order valence-corrected chi connectivity index (χ0v) is 31.8. The highest BCUT2D eigenvalue weighted by Crippen LogP contribution is 2.33. The molecule has 45 heavy (non-hydrogen) atoms. The van der Waals surface area contributed by atoms with Crippen LogP contribution in [0.3, 0.4) is 0 Å². The summed E-state index contributed by atoms with van der Waals surface area (Å²) in [4.78, 5) is 0. The summed E-state index contributed by atoms with van der Waals surface area (Å²) in [6.07, 6.45) is 0.373. The van der Waals surface area contributed by atoms with Crippen LogP contribution < -0.4 is 14.2 Å². The number of hydrogen-bond acceptors (Lipinski definition) is 3. The molecule has 0 atom stereocenters. The highest BCUT2D eigenvalue weighted by Gasteiger charge is 2.14. The Kier molecular flexibility index (Phi) is 16.8. The number of halogens is 3. The van der Waals surface area contributed by atoms with Crippen LogP contribution in [0.25, 0.3) is 0 Å². The van der Waals surface area contributed by atoms with Crippen molar-refractivity contribution in [2.45, 2.75) is 140 Å². The van der Waals surface area contributed by atoms with Crippen molar-refractivity contribution in [1.82, 2.24) is 0 Å². The van der Waals surface area contributed by atoms with Crippen molar-refractivity contribution in [3.05, 3.63) is 85.6 Å². The molecule has 6 heteroatoms. The van der Waals surface area contributed by atoms with Crippen LogP contribution in [0.2, 0.25) is 10.0 Å². The molecule has 0 saturated carbocycles. The van der Waals surface area contributed by atoms with Gasteiger partial charge in [-0.2, -0.15) is 0 Å². The zero-order valence-electron chi connectivity index (χ0n) is 30.3. The van der Waals surface area contributed by atoms with Gasteiger partial charge in [-0.25, -0.2) is 4.39 Å². The molecule has 3 aromatic rings. The second-order valence-electron chi connectivity index (χ2n) is 13.4. The van der Waals surface area contributed by atoms with Crippen molar-refractivity contribution in [2.24, 2.45) is 0 Å². The molecule has 0 spiro atoms. The van der Waals surface area contributed by atoms with Gasteiger partial charge in [-0.1, -0.05) is 76.9 Å². The van der Waals surface area contributed by atoms with Crippen molar-refractivity contribution >= 4 is 23.2 Å². The predicted molar refractivity (Wildman–Crippen MR) is 193 cm³/mol. The van der Waals surface area contributed by atoms with E-state index in [0.717, 1.165) is 27.6 Å². The third-order valence-corrected chi connectivity index (χ3v) is 7.52. The second kappa shape index (κ2) is 18.6. The second-order valence-corrected chi connectivity index (χ2v) is 14.2. The molecule has 0 aliphatic heterocycles. The van der Waals surface area contributed by atoms with Crippen molar-refractivity contribution in [3.63, 3.8) is 0 Å². The van der Waals surface area contributed by atoms with E-state index in [2.05, 4.69) is 80.5 Å². The van der Waals surface area contributed by atoms with Gasteiger partial charge in [0.2, 0.25) is 0 Å². The van der Waals surface area contributed by atoms with E-state index >= 15 is 0 Å². The molecule has 0 radical (unpaired) electrons. The Morgan fingerprint density at radius 2 is 0.778 bits per heavy atom. The Bertz CT molecular complexity index is 1200. The average molecular weight is 664 g/mol. The van der Waals surface area contributed by atoms with Crippen LogP contribution in [0.1, 0.15) is 134 Å². The Morgan fingerprint density at radius 1 is 0.444 bits per heavy atom. The Hall–Kier alpha value is -2.43. The minimum absolute atomic E-state index is 0.0551. The molecule has 0 N–H and O–H groups in total. The van der Waals surface area contributed by atoms with E-state index in [1.54, 1.807) is 6.07 Å². The van der Waals surface area contributed by atoms with Crippen LogP contribution in [-0.4, -0.2) is 18.3 Å². The summed E-state index contributed by atoms with van der Waals surface area (Å²) < 4.78 is 30.3. The molecule has 0 aliphatic carbocycles. The molecule has 0 saturated heterocycles. The summed E-state index contributed by atoms with van der Waals surface area (Å²) in [5.41, 5.74) is 7.13. The van der Waals surface area contributed by atoms with E-state index < -0.39 is 0 Å². The first kappa shape index (κ1) is 40.6. The maximum Gasteiger partial charge on any atom is 0.165 e. The van der Waals surface area contributed by atoms with Crippen LogP contribution in [-0.2, 0) is 0 Å². The van der Waals surface area contributed by atoms with Gasteiger partial charge in [0.05, 0.1) is 18.3 Å². The number of hydrogen-bond donors (Lipinski definition) is 0. The van der Waals surface area contributed by atoms with Crippen LogP contribution in [0, 0.1) is 26.6 Å². The highest BCUT2D eigenvalue weighted by molar-refractivity contribution is 6.31. The zero-order chi connectivity index (χ0) is 34.8. The Balaban J connectivity index is 0.000000337. The molecule has 0 aliphatic rings. The van der Waals surface area contributed by atoms with Gasteiger partial charge in [-0.15, -0.1) is 0 Å². The lowest BCUT2D eigenvalue weighted by molar-refractivity contribution is 0.231. The Labute approximate surface area is 283 Å². The van der Waals surface area contributed by atoms with E-state index in [4.69, 9.17) is 37.4 Å². The summed E-state index contributed by atoms with van der Waals surface area (Å²) in [6.45, 7) is 30.9. The van der Waals surface area contributed by atoms with E-state index in [9.17, 15) is 4.39 Å². The lowest BCUT2D eigenvalue weighted by atomic mass is 9.95. The van der Waals surface area contributed by atoms with Gasteiger partial charge in [0, 0.05) is 16.1 Å². The summed E-state index contributed by atoms with van der Waals surface area (Å²) in [6, 6.07) is 11.4. The predicted octanol–water partition coefficient (Wildman–Crippen LogP) is 13.2. The molecule has 3 aromatic carbocycles. The third-order valence-electron chi connectivity index (χ3n) is 6.86. The SMILES string of the molecule is CC(C)Oc1cc(Cl)c(C(C)C)cc1F.Cc1cc(C(C)C)c(C)cc1OC(C)C.Cc1cc(C(C)C)c(Cl)cc1OC(C)C. The molecule has 0 unspecified atom stereocenters. The van der Waals surface area contributed by atoms with Crippen molar-refractivity contribution in [1.29, 1.82) is 0 Å². The van der Waals surface area contributed by atoms with Crippen LogP contribution in [0.15, 0.2) is 36.4 Å². The van der Waals surface area contributed by atoms with Crippen LogP contribution >= 0.6 is 23.2 Å². The molecular formula is C39H57Cl2FO3. The fourth-order valence-electron chi connectivity index (χ4n) is 4.65. The molecule has 0 heterocycles. The molecule has 0 bridgehead atoms. The first-order valence-electron chi connectivity index (χ1n) is 16.1. The molecular weight excluding hydrogens is 606 g/mol. The molecule has 0 fully saturated rings. The van der Waals surface area contributed by atoms with Gasteiger partial charge in [-0.3, -0.25) is 0 Å². The summed E-state index contributed by atoms with van der Waals surface area (Å²) >= 11 is 12.2. The minimum atomic E-state index is -0.350. The highest BCUT2D eigenvalue weighted by atomic mass is 35.5. The van der Waals surface area contributed by atoms with Gasteiger partial charge < -0.3 is 14.2 Å². The van der Waals surface area contributed by atoms with E-state index in [0.29, 0.717) is 16.9 Å². The first-order valence-corrected chi connectivity index (χ1v) is 16.9. The minimum Gasteiger partial charge on any atom is -0.491 e. The topological polar surface area (TPSA) is 27.7 Å². The van der Waals surface area contributed by atoms with Gasteiger partial charge in [0.25, 0.3) is 0 Å². The monoisotopic (exact) mass is 662 g/mol.